The van der Waals surface area contributed by atoms with Gasteiger partial charge in [-0.15, -0.1) is 11.8 Å². The molecule has 0 unspecified atom stereocenters. The van der Waals surface area contributed by atoms with Crippen LogP contribution in [-0.2, 0) is 0 Å². The first-order valence-corrected chi connectivity index (χ1v) is 6.32. The van der Waals surface area contributed by atoms with Gasteiger partial charge in [-0.05, 0) is 25.2 Å². The van der Waals surface area contributed by atoms with E-state index in [0.29, 0.717) is 6.10 Å². The van der Waals surface area contributed by atoms with Gasteiger partial charge in [0.05, 0.1) is 11.8 Å². The van der Waals surface area contributed by atoms with Gasteiger partial charge in [0.15, 0.2) is 5.75 Å². The highest BCUT2D eigenvalue weighted by molar-refractivity contribution is 7.98. The highest BCUT2D eigenvalue weighted by Gasteiger charge is 2.26. The minimum Gasteiger partial charge on any atom is -0.485 e. The molecule has 2 rings (SSSR count). The summed E-state index contributed by atoms with van der Waals surface area (Å²) < 4.78 is 5.91. The van der Waals surface area contributed by atoms with Crippen molar-refractivity contribution in [2.45, 2.75) is 24.0 Å². The van der Waals surface area contributed by atoms with Gasteiger partial charge in [0.1, 0.15) is 5.03 Å². The van der Waals surface area contributed by atoms with Crippen molar-refractivity contribution in [2.24, 2.45) is 0 Å². The number of aromatic nitrogens is 1. The van der Waals surface area contributed by atoms with Gasteiger partial charge in [-0.2, -0.15) is 0 Å². The Morgan fingerprint density at radius 3 is 2.73 bits per heavy atom. The van der Waals surface area contributed by atoms with Crippen LogP contribution in [0.5, 0.6) is 5.75 Å². The summed E-state index contributed by atoms with van der Waals surface area (Å²) in [5.74, 6) is 0.942. The maximum absolute atomic E-state index is 5.91. The van der Waals surface area contributed by atoms with Gasteiger partial charge in [-0.25, -0.2) is 4.98 Å². The summed E-state index contributed by atoms with van der Waals surface area (Å²) in [5, 5.41) is 0.980. The zero-order valence-corrected chi connectivity index (χ0v) is 10.2. The SMILES string of the molecule is CSc1nccc(N(C)C)c1OC1CC1. The lowest BCUT2D eigenvalue weighted by molar-refractivity contribution is 0.294. The van der Waals surface area contributed by atoms with Crippen LogP contribution in [0.25, 0.3) is 0 Å². The average Bonchev–Trinajstić information content (AvgIpc) is 3.01. The van der Waals surface area contributed by atoms with Crippen molar-refractivity contribution in [3.05, 3.63) is 12.3 Å². The minimum absolute atomic E-state index is 0.416. The second-order valence-electron chi connectivity index (χ2n) is 3.88. The number of hydrogen-bond donors (Lipinski definition) is 0. The van der Waals surface area contributed by atoms with Gasteiger partial charge in [-0.1, -0.05) is 0 Å². The lowest BCUT2D eigenvalue weighted by Crippen LogP contribution is -2.12. The number of hydrogen-bond acceptors (Lipinski definition) is 4. The molecule has 1 aliphatic carbocycles. The lowest BCUT2D eigenvalue weighted by Gasteiger charge is -2.19. The molecule has 0 atom stereocenters. The first-order chi connectivity index (χ1) is 7.22. The lowest BCUT2D eigenvalue weighted by atomic mass is 10.3. The Morgan fingerprint density at radius 1 is 1.47 bits per heavy atom. The third-order valence-corrected chi connectivity index (χ3v) is 3.01. The molecule has 15 heavy (non-hydrogen) atoms. The molecule has 0 N–H and O–H groups in total. The van der Waals surface area contributed by atoms with Crippen LogP contribution in [0.15, 0.2) is 17.3 Å². The van der Waals surface area contributed by atoms with E-state index in [-0.39, 0.29) is 0 Å². The Morgan fingerprint density at radius 2 is 2.20 bits per heavy atom. The summed E-state index contributed by atoms with van der Waals surface area (Å²) >= 11 is 1.63. The fourth-order valence-electron chi connectivity index (χ4n) is 1.38. The summed E-state index contributed by atoms with van der Waals surface area (Å²) in [6.07, 6.45) is 6.63. The molecule has 1 saturated carbocycles. The van der Waals surface area contributed by atoms with Crippen molar-refractivity contribution >= 4 is 17.4 Å². The third-order valence-electron chi connectivity index (χ3n) is 2.34. The Balaban J connectivity index is 2.34. The normalized spacial score (nSPS) is 15.1. The molecule has 0 aliphatic heterocycles. The molecule has 1 aromatic heterocycles. The summed E-state index contributed by atoms with van der Waals surface area (Å²) in [6, 6.07) is 2.00. The summed E-state index contributed by atoms with van der Waals surface area (Å²) in [7, 11) is 4.05. The molecule has 0 spiro atoms. The van der Waals surface area contributed by atoms with Crippen LogP contribution in [-0.4, -0.2) is 31.4 Å². The van der Waals surface area contributed by atoms with Crippen molar-refractivity contribution in [3.63, 3.8) is 0 Å². The standard InChI is InChI=1S/C11H16N2OS/c1-13(2)9-6-7-12-11(15-3)10(9)14-8-4-5-8/h6-8H,4-5H2,1-3H3. The van der Waals surface area contributed by atoms with Crippen molar-refractivity contribution in [2.75, 3.05) is 25.3 Å². The van der Waals surface area contributed by atoms with Gasteiger partial charge in [0.2, 0.25) is 0 Å². The molecule has 0 saturated heterocycles. The molecule has 1 fully saturated rings. The predicted octanol–water partition coefficient (Wildman–Crippen LogP) is 2.41. The number of thioether (sulfide) groups is 1. The fourth-order valence-corrected chi connectivity index (χ4v) is 1.88. The number of pyridine rings is 1. The molecule has 0 radical (unpaired) electrons. The minimum atomic E-state index is 0.416. The van der Waals surface area contributed by atoms with Crippen molar-refractivity contribution < 1.29 is 4.74 Å². The van der Waals surface area contributed by atoms with Gasteiger partial charge in [0.25, 0.3) is 0 Å². The van der Waals surface area contributed by atoms with Crippen molar-refractivity contribution in [1.29, 1.82) is 0 Å². The molecule has 0 aromatic carbocycles. The van der Waals surface area contributed by atoms with E-state index in [1.165, 1.54) is 12.8 Å². The Bertz CT molecular complexity index is 350. The number of nitrogens with zero attached hydrogens (tertiary/aromatic N) is 2. The Labute approximate surface area is 94.8 Å². The largest absolute Gasteiger partial charge is 0.485 e. The maximum Gasteiger partial charge on any atom is 0.175 e. The number of anilines is 1. The van der Waals surface area contributed by atoms with E-state index in [4.69, 9.17) is 4.74 Å². The second-order valence-corrected chi connectivity index (χ2v) is 4.68. The van der Waals surface area contributed by atoms with Crippen LogP contribution < -0.4 is 9.64 Å². The van der Waals surface area contributed by atoms with E-state index < -0.39 is 0 Å². The van der Waals surface area contributed by atoms with E-state index in [1.807, 2.05) is 32.6 Å². The Hall–Kier alpha value is -0.900. The average molecular weight is 224 g/mol. The first-order valence-electron chi connectivity index (χ1n) is 5.09. The summed E-state index contributed by atoms with van der Waals surface area (Å²) in [6.45, 7) is 0. The highest BCUT2D eigenvalue weighted by Crippen LogP contribution is 2.38. The maximum atomic E-state index is 5.91. The van der Waals surface area contributed by atoms with Crippen LogP contribution in [0.2, 0.25) is 0 Å². The van der Waals surface area contributed by atoms with Gasteiger partial charge in [-0.3, -0.25) is 0 Å². The molecule has 0 amide bonds. The van der Waals surface area contributed by atoms with Gasteiger partial charge in [0, 0.05) is 20.3 Å². The molecule has 4 heteroatoms. The first kappa shape index (κ1) is 10.6. The number of rotatable bonds is 4. The smallest absolute Gasteiger partial charge is 0.175 e. The predicted molar refractivity (Wildman–Crippen MR) is 64.0 cm³/mol. The van der Waals surface area contributed by atoms with Crippen molar-refractivity contribution in [1.82, 2.24) is 4.98 Å². The van der Waals surface area contributed by atoms with Crippen LogP contribution in [0.1, 0.15) is 12.8 Å². The molecule has 3 nitrogen and oxygen atoms in total. The zero-order chi connectivity index (χ0) is 10.8. The Kier molecular flexibility index (Phi) is 3.05. The van der Waals surface area contributed by atoms with Crippen LogP contribution in [0.3, 0.4) is 0 Å². The molecule has 0 bridgehead atoms. The second kappa shape index (κ2) is 4.31. The molecule has 1 aromatic rings. The van der Waals surface area contributed by atoms with E-state index in [2.05, 4.69) is 9.88 Å². The quantitative estimate of drug-likeness (QED) is 0.733. The molecule has 82 valence electrons. The van der Waals surface area contributed by atoms with E-state index in [0.717, 1.165) is 16.5 Å². The fraction of sp³-hybridized carbons (Fsp3) is 0.545. The van der Waals surface area contributed by atoms with E-state index in [1.54, 1.807) is 11.8 Å². The van der Waals surface area contributed by atoms with Crippen LogP contribution >= 0.6 is 11.8 Å². The summed E-state index contributed by atoms with van der Waals surface area (Å²) in [5.41, 5.74) is 1.11. The van der Waals surface area contributed by atoms with Crippen molar-refractivity contribution in [3.8, 4) is 5.75 Å². The molecular formula is C11H16N2OS. The molecular weight excluding hydrogens is 208 g/mol. The van der Waals surface area contributed by atoms with Crippen LogP contribution in [0.4, 0.5) is 5.69 Å². The van der Waals surface area contributed by atoms with Gasteiger partial charge >= 0.3 is 0 Å². The zero-order valence-electron chi connectivity index (χ0n) is 9.36. The molecule has 1 aliphatic rings. The van der Waals surface area contributed by atoms with Crippen LogP contribution in [0, 0.1) is 0 Å². The molecule has 1 heterocycles. The number of ether oxygens (including phenoxy) is 1. The van der Waals surface area contributed by atoms with E-state index >= 15 is 0 Å². The third kappa shape index (κ3) is 2.37. The highest BCUT2D eigenvalue weighted by atomic mass is 32.2. The van der Waals surface area contributed by atoms with E-state index in [9.17, 15) is 0 Å². The topological polar surface area (TPSA) is 25.4 Å². The summed E-state index contributed by atoms with van der Waals surface area (Å²) in [4.78, 5) is 6.40. The van der Waals surface area contributed by atoms with Gasteiger partial charge < -0.3 is 9.64 Å². The monoisotopic (exact) mass is 224 g/mol.